The highest BCUT2D eigenvalue weighted by atomic mass is 35.5. The van der Waals surface area contributed by atoms with Crippen LogP contribution < -0.4 is 20.9 Å². The molecule has 2 aromatic carbocycles. The molecule has 3 rings (SSSR count). The van der Waals surface area contributed by atoms with Crippen LogP contribution in [0.5, 0.6) is 11.5 Å². The summed E-state index contributed by atoms with van der Waals surface area (Å²) in [6, 6.07) is 10.5. The maximum atomic E-state index is 13.6. The van der Waals surface area contributed by atoms with Gasteiger partial charge in [-0.15, -0.1) is 0 Å². The van der Waals surface area contributed by atoms with E-state index in [1.165, 1.54) is 6.07 Å². The summed E-state index contributed by atoms with van der Waals surface area (Å²) in [6.07, 6.45) is -4.25. The van der Waals surface area contributed by atoms with Gasteiger partial charge in [0.05, 0.1) is 24.5 Å². The number of halogens is 4. The van der Waals surface area contributed by atoms with Crippen molar-refractivity contribution in [3.05, 3.63) is 58.7 Å². The van der Waals surface area contributed by atoms with Gasteiger partial charge in [-0.25, -0.2) is 4.98 Å². The van der Waals surface area contributed by atoms with Gasteiger partial charge in [0.1, 0.15) is 5.75 Å². The van der Waals surface area contributed by atoms with Crippen molar-refractivity contribution < 1.29 is 27.8 Å². The van der Waals surface area contributed by atoms with E-state index in [9.17, 15) is 13.2 Å². The van der Waals surface area contributed by atoms with Crippen LogP contribution in [0.25, 0.3) is 11.1 Å². The number of alkyl halides is 3. The van der Waals surface area contributed by atoms with Crippen molar-refractivity contribution in [3.63, 3.8) is 0 Å². The van der Waals surface area contributed by atoms with Gasteiger partial charge in [-0.2, -0.15) is 18.2 Å². The minimum absolute atomic E-state index is 0.0121. The zero-order valence-corrected chi connectivity index (χ0v) is 19.5. The Morgan fingerprint density at radius 1 is 0.971 bits per heavy atom. The van der Waals surface area contributed by atoms with Gasteiger partial charge in [0.2, 0.25) is 5.95 Å². The molecule has 0 aliphatic heterocycles. The second-order valence-electron chi connectivity index (χ2n) is 6.96. The molecule has 34 heavy (non-hydrogen) atoms. The Kier molecular flexibility index (Phi) is 9.76. The van der Waals surface area contributed by atoms with Gasteiger partial charge < -0.3 is 26.0 Å². The second-order valence-corrected chi connectivity index (χ2v) is 7.40. The molecule has 0 amide bonds. The minimum Gasteiger partial charge on any atom is -0.493 e. The fourth-order valence-corrected chi connectivity index (χ4v) is 3.03. The number of rotatable bonds is 7. The van der Waals surface area contributed by atoms with Crippen LogP contribution in [0.2, 0.25) is 5.02 Å². The average molecular weight is 499 g/mol. The third-order valence-electron chi connectivity index (χ3n) is 4.33. The lowest BCUT2D eigenvalue weighted by Gasteiger charge is -2.16. The molecule has 0 aliphatic rings. The lowest BCUT2D eigenvalue weighted by atomic mass is 10.0. The van der Waals surface area contributed by atoms with Crippen LogP contribution >= 0.6 is 11.6 Å². The van der Waals surface area contributed by atoms with E-state index in [-0.39, 0.29) is 43.1 Å². The van der Waals surface area contributed by atoms with E-state index >= 15 is 0 Å². The van der Waals surface area contributed by atoms with Crippen LogP contribution in [0.4, 0.5) is 24.9 Å². The summed E-state index contributed by atoms with van der Waals surface area (Å²) in [5, 5.41) is 8.07. The Morgan fingerprint density at radius 3 is 2.15 bits per heavy atom. The highest BCUT2D eigenvalue weighted by molar-refractivity contribution is 6.30. The SMILES string of the molecule is CCO.Cc1nc(N)nc(N)c1OCCCOc1ccc(-c2ccc(Cl)cc2)cc1C(F)(F)F. The number of anilines is 2. The lowest BCUT2D eigenvalue weighted by molar-refractivity contribution is -0.138. The van der Waals surface area contributed by atoms with Crippen molar-refractivity contribution >= 4 is 23.4 Å². The Balaban J connectivity index is 0.00000129. The summed E-state index contributed by atoms with van der Waals surface area (Å²) in [5.74, 6) is 0.171. The normalized spacial score (nSPS) is 10.9. The van der Waals surface area contributed by atoms with Gasteiger partial charge in [-0.3, -0.25) is 0 Å². The first kappa shape index (κ1) is 27.0. The van der Waals surface area contributed by atoms with Crippen LogP contribution in [0.3, 0.4) is 0 Å². The molecule has 0 bridgehead atoms. The van der Waals surface area contributed by atoms with E-state index in [0.717, 1.165) is 6.07 Å². The molecule has 184 valence electrons. The van der Waals surface area contributed by atoms with E-state index < -0.39 is 11.7 Å². The van der Waals surface area contributed by atoms with E-state index in [2.05, 4.69) is 9.97 Å². The second kappa shape index (κ2) is 12.3. The Hall–Kier alpha value is -3.24. The molecule has 7 nitrogen and oxygen atoms in total. The quantitative estimate of drug-likeness (QED) is 0.386. The fourth-order valence-electron chi connectivity index (χ4n) is 2.90. The molecule has 3 aromatic rings. The van der Waals surface area contributed by atoms with Crippen LogP contribution in [0.1, 0.15) is 24.6 Å². The van der Waals surface area contributed by atoms with Crippen LogP contribution in [-0.4, -0.2) is 34.9 Å². The number of hydrogen-bond acceptors (Lipinski definition) is 7. The van der Waals surface area contributed by atoms with Gasteiger partial charge in [0, 0.05) is 18.1 Å². The maximum absolute atomic E-state index is 13.6. The highest BCUT2D eigenvalue weighted by Crippen LogP contribution is 2.39. The average Bonchev–Trinajstić information content (AvgIpc) is 2.75. The standard InChI is InChI=1S/C21H20ClF3N4O2.C2H6O/c1-12-18(19(26)29-20(27)28-12)31-10-2-9-30-17-8-5-14(11-16(17)21(23,24)25)13-3-6-15(22)7-4-13;1-2-3/h3-8,11H,2,9-10H2,1H3,(H4,26,27,28,29);3H,2H2,1H3. The lowest BCUT2D eigenvalue weighted by Crippen LogP contribution is -2.12. The van der Waals surface area contributed by atoms with E-state index in [4.69, 9.17) is 37.6 Å². The number of benzene rings is 2. The molecular formula is C23H26ClF3N4O3. The minimum atomic E-state index is -4.57. The van der Waals surface area contributed by atoms with E-state index in [1.807, 2.05) is 0 Å². The first-order valence-electron chi connectivity index (χ1n) is 10.3. The topological polar surface area (TPSA) is 117 Å². The Labute approximate surface area is 200 Å². The van der Waals surface area contributed by atoms with Crippen LogP contribution in [-0.2, 0) is 6.18 Å². The van der Waals surface area contributed by atoms with Crippen molar-refractivity contribution in [2.75, 3.05) is 31.3 Å². The summed E-state index contributed by atoms with van der Waals surface area (Å²) in [4.78, 5) is 7.77. The first-order valence-corrected chi connectivity index (χ1v) is 10.7. The van der Waals surface area contributed by atoms with Crippen molar-refractivity contribution in [2.24, 2.45) is 0 Å². The van der Waals surface area contributed by atoms with Crippen molar-refractivity contribution in [1.82, 2.24) is 9.97 Å². The van der Waals surface area contributed by atoms with Gasteiger partial charge in [0.25, 0.3) is 0 Å². The predicted octanol–water partition coefficient (Wildman–Crippen LogP) is 5.14. The molecule has 0 spiro atoms. The van der Waals surface area contributed by atoms with Gasteiger partial charge in [-0.1, -0.05) is 29.8 Å². The number of aliphatic hydroxyl groups is 1. The zero-order chi connectivity index (χ0) is 25.3. The molecular weight excluding hydrogens is 473 g/mol. The van der Waals surface area contributed by atoms with Gasteiger partial charge in [0.15, 0.2) is 11.6 Å². The van der Waals surface area contributed by atoms with Crippen molar-refractivity contribution in [1.29, 1.82) is 0 Å². The molecule has 0 unspecified atom stereocenters. The highest BCUT2D eigenvalue weighted by Gasteiger charge is 2.34. The number of aromatic nitrogens is 2. The summed E-state index contributed by atoms with van der Waals surface area (Å²) >= 11 is 5.84. The summed E-state index contributed by atoms with van der Waals surface area (Å²) in [6.45, 7) is 3.76. The number of aliphatic hydroxyl groups excluding tert-OH is 1. The number of nitrogen functional groups attached to an aromatic ring is 2. The van der Waals surface area contributed by atoms with E-state index in [0.29, 0.717) is 28.3 Å². The monoisotopic (exact) mass is 498 g/mol. The van der Waals surface area contributed by atoms with Crippen LogP contribution in [0, 0.1) is 6.92 Å². The number of aryl methyl sites for hydroxylation is 1. The molecule has 0 radical (unpaired) electrons. The Morgan fingerprint density at radius 2 is 1.56 bits per heavy atom. The van der Waals surface area contributed by atoms with Crippen molar-refractivity contribution in [3.8, 4) is 22.6 Å². The zero-order valence-electron chi connectivity index (χ0n) is 18.7. The first-order chi connectivity index (χ1) is 16.1. The number of ether oxygens (including phenoxy) is 2. The van der Waals surface area contributed by atoms with Gasteiger partial charge >= 0.3 is 6.18 Å². The molecule has 5 N–H and O–H groups in total. The number of nitrogens with zero attached hydrogens (tertiary/aromatic N) is 2. The molecule has 0 saturated carbocycles. The Bertz CT molecular complexity index is 1060. The molecule has 1 aromatic heterocycles. The molecule has 0 atom stereocenters. The van der Waals surface area contributed by atoms with E-state index in [1.54, 1.807) is 44.2 Å². The number of hydrogen-bond donors (Lipinski definition) is 3. The third-order valence-corrected chi connectivity index (χ3v) is 4.59. The molecule has 0 fully saturated rings. The molecule has 1 heterocycles. The predicted molar refractivity (Wildman–Crippen MR) is 126 cm³/mol. The van der Waals surface area contributed by atoms with Crippen molar-refractivity contribution in [2.45, 2.75) is 26.4 Å². The van der Waals surface area contributed by atoms with Crippen LogP contribution in [0.15, 0.2) is 42.5 Å². The van der Waals surface area contributed by atoms with Gasteiger partial charge in [-0.05, 0) is 49.2 Å². The summed E-state index contributed by atoms with van der Waals surface area (Å²) in [7, 11) is 0. The molecule has 0 aliphatic carbocycles. The number of nitrogens with two attached hydrogens (primary N) is 2. The fraction of sp³-hybridized carbons (Fsp3) is 0.304. The third kappa shape index (κ3) is 7.67. The molecule has 0 saturated heterocycles. The smallest absolute Gasteiger partial charge is 0.419 e. The maximum Gasteiger partial charge on any atom is 0.419 e. The molecule has 11 heteroatoms. The largest absolute Gasteiger partial charge is 0.493 e. The summed E-state index contributed by atoms with van der Waals surface area (Å²) < 4.78 is 51.6. The summed E-state index contributed by atoms with van der Waals surface area (Å²) in [5.41, 5.74) is 11.9.